The summed E-state index contributed by atoms with van der Waals surface area (Å²) in [6, 6.07) is 15.2. The number of nitrogens with one attached hydrogen (secondary N) is 1. The van der Waals surface area contributed by atoms with Crippen LogP contribution in [-0.2, 0) is 6.42 Å². The molecule has 3 aromatic rings. The zero-order chi connectivity index (χ0) is 16.0. The lowest BCUT2D eigenvalue weighted by atomic mass is 10.1. The van der Waals surface area contributed by atoms with E-state index in [9.17, 15) is 0 Å². The van der Waals surface area contributed by atoms with Crippen molar-refractivity contribution in [3.63, 3.8) is 0 Å². The molecule has 0 radical (unpaired) electrons. The highest BCUT2D eigenvalue weighted by molar-refractivity contribution is 5.73. The molecule has 0 aliphatic carbocycles. The number of anilines is 1. The van der Waals surface area contributed by atoms with Crippen LogP contribution in [0.4, 0.5) is 5.82 Å². The molecule has 3 heteroatoms. The highest BCUT2D eigenvalue weighted by Gasteiger charge is 2.23. The molecule has 0 spiro atoms. The van der Waals surface area contributed by atoms with Crippen molar-refractivity contribution in [3.05, 3.63) is 64.7 Å². The van der Waals surface area contributed by atoms with Gasteiger partial charge in [-0.25, -0.2) is 4.68 Å². The number of rotatable bonds is 2. The van der Waals surface area contributed by atoms with Crippen LogP contribution in [0.2, 0.25) is 0 Å². The Balaban J connectivity index is 1.87. The lowest BCUT2D eigenvalue weighted by Crippen LogP contribution is -2.04. The highest BCUT2D eigenvalue weighted by atomic mass is 15.3. The zero-order valence-corrected chi connectivity index (χ0v) is 13.9. The monoisotopic (exact) mass is 303 g/mol. The van der Waals surface area contributed by atoms with E-state index < -0.39 is 0 Å². The van der Waals surface area contributed by atoms with Crippen LogP contribution in [0.1, 0.15) is 22.3 Å². The molecule has 1 aliphatic rings. The van der Waals surface area contributed by atoms with E-state index >= 15 is 0 Å². The van der Waals surface area contributed by atoms with Crippen LogP contribution in [0.25, 0.3) is 16.9 Å². The summed E-state index contributed by atoms with van der Waals surface area (Å²) in [4.78, 5) is 0. The van der Waals surface area contributed by atoms with Crippen molar-refractivity contribution < 1.29 is 0 Å². The fourth-order valence-electron chi connectivity index (χ4n) is 3.16. The fourth-order valence-corrected chi connectivity index (χ4v) is 3.16. The van der Waals surface area contributed by atoms with Gasteiger partial charge in [0.15, 0.2) is 0 Å². The first-order chi connectivity index (χ1) is 11.1. The topological polar surface area (TPSA) is 29.9 Å². The molecule has 0 bridgehead atoms. The van der Waals surface area contributed by atoms with E-state index in [4.69, 9.17) is 5.10 Å². The maximum atomic E-state index is 4.93. The fraction of sp³-hybridized carbons (Fsp3) is 0.250. The van der Waals surface area contributed by atoms with E-state index in [-0.39, 0.29) is 0 Å². The second kappa shape index (κ2) is 5.27. The molecule has 0 saturated heterocycles. The summed E-state index contributed by atoms with van der Waals surface area (Å²) in [5.74, 6) is 1.14. The van der Waals surface area contributed by atoms with Crippen molar-refractivity contribution in [2.75, 3.05) is 11.9 Å². The SMILES string of the molecule is Cc1ccc(-c2nn(-c3ccc(C)c(C)c3)c3c2CCN3)cc1. The molecule has 2 heterocycles. The molecule has 1 aromatic heterocycles. The van der Waals surface area contributed by atoms with Crippen LogP contribution in [0.15, 0.2) is 42.5 Å². The van der Waals surface area contributed by atoms with Gasteiger partial charge in [0.05, 0.1) is 11.4 Å². The van der Waals surface area contributed by atoms with Crippen LogP contribution >= 0.6 is 0 Å². The van der Waals surface area contributed by atoms with E-state index in [1.807, 2.05) is 0 Å². The van der Waals surface area contributed by atoms with Gasteiger partial charge in [0.25, 0.3) is 0 Å². The number of fused-ring (bicyclic) bond motifs is 1. The number of aromatic nitrogens is 2. The van der Waals surface area contributed by atoms with Gasteiger partial charge in [-0.1, -0.05) is 35.9 Å². The first-order valence-electron chi connectivity index (χ1n) is 8.14. The molecule has 0 unspecified atom stereocenters. The Morgan fingerprint density at radius 3 is 2.48 bits per heavy atom. The molecule has 1 N–H and O–H groups in total. The number of aryl methyl sites for hydroxylation is 3. The van der Waals surface area contributed by atoms with Crippen molar-refractivity contribution in [1.82, 2.24) is 9.78 Å². The Morgan fingerprint density at radius 2 is 1.74 bits per heavy atom. The van der Waals surface area contributed by atoms with Crippen LogP contribution in [0, 0.1) is 20.8 Å². The second-order valence-electron chi connectivity index (χ2n) is 6.40. The summed E-state index contributed by atoms with van der Waals surface area (Å²) in [6.45, 7) is 7.39. The highest BCUT2D eigenvalue weighted by Crippen LogP contribution is 2.34. The van der Waals surface area contributed by atoms with Gasteiger partial charge < -0.3 is 5.32 Å². The average Bonchev–Trinajstić information content (AvgIpc) is 3.13. The molecule has 2 aromatic carbocycles. The number of hydrogen-bond donors (Lipinski definition) is 1. The molecule has 0 atom stereocenters. The van der Waals surface area contributed by atoms with Gasteiger partial charge in [-0.15, -0.1) is 0 Å². The van der Waals surface area contributed by atoms with Gasteiger partial charge in [-0.2, -0.15) is 5.10 Å². The van der Waals surface area contributed by atoms with E-state index in [2.05, 4.69) is 73.2 Å². The minimum Gasteiger partial charge on any atom is -0.369 e. The van der Waals surface area contributed by atoms with Crippen LogP contribution in [-0.4, -0.2) is 16.3 Å². The molecular formula is C20H21N3. The molecule has 116 valence electrons. The Labute approximate surface area is 137 Å². The van der Waals surface area contributed by atoms with E-state index in [1.54, 1.807) is 0 Å². The van der Waals surface area contributed by atoms with Crippen LogP contribution in [0.5, 0.6) is 0 Å². The van der Waals surface area contributed by atoms with Crippen molar-refractivity contribution in [3.8, 4) is 16.9 Å². The molecule has 4 rings (SSSR count). The van der Waals surface area contributed by atoms with Crippen LogP contribution < -0.4 is 5.32 Å². The standard InChI is InChI=1S/C20H21N3/c1-13-4-7-16(8-5-13)19-18-10-11-21-20(18)23(22-19)17-9-6-14(2)15(3)12-17/h4-9,12,21H,10-11H2,1-3H3. The van der Waals surface area contributed by atoms with Gasteiger partial charge in [0, 0.05) is 17.7 Å². The lowest BCUT2D eigenvalue weighted by molar-refractivity contribution is 0.880. The molecule has 0 fully saturated rings. The Bertz CT molecular complexity index is 873. The summed E-state index contributed by atoms with van der Waals surface area (Å²) in [6.07, 6.45) is 1.03. The molecule has 3 nitrogen and oxygen atoms in total. The molecular weight excluding hydrogens is 282 g/mol. The average molecular weight is 303 g/mol. The number of hydrogen-bond acceptors (Lipinski definition) is 2. The molecule has 1 aliphatic heterocycles. The van der Waals surface area contributed by atoms with Gasteiger partial charge in [-0.05, 0) is 50.5 Å². The predicted molar refractivity (Wildman–Crippen MR) is 95.4 cm³/mol. The summed E-state index contributed by atoms with van der Waals surface area (Å²) in [7, 11) is 0. The molecule has 23 heavy (non-hydrogen) atoms. The normalized spacial score (nSPS) is 13.0. The molecule has 0 saturated carbocycles. The van der Waals surface area contributed by atoms with Gasteiger partial charge >= 0.3 is 0 Å². The third kappa shape index (κ3) is 2.33. The molecule has 0 amide bonds. The third-order valence-corrected chi connectivity index (χ3v) is 4.71. The zero-order valence-electron chi connectivity index (χ0n) is 13.9. The van der Waals surface area contributed by atoms with E-state index in [1.165, 1.54) is 27.8 Å². The maximum Gasteiger partial charge on any atom is 0.133 e. The van der Waals surface area contributed by atoms with Crippen molar-refractivity contribution in [2.24, 2.45) is 0 Å². The van der Waals surface area contributed by atoms with Gasteiger partial charge in [-0.3, -0.25) is 0 Å². The van der Waals surface area contributed by atoms with Gasteiger partial charge in [0.2, 0.25) is 0 Å². The van der Waals surface area contributed by atoms with Crippen molar-refractivity contribution >= 4 is 5.82 Å². The summed E-state index contributed by atoms with van der Waals surface area (Å²) >= 11 is 0. The Kier molecular flexibility index (Phi) is 3.22. The van der Waals surface area contributed by atoms with E-state index in [0.29, 0.717) is 0 Å². The first kappa shape index (κ1) is 14.1. The predicted octanol–water partition coefficient (Wildman–Crippen LogP) is 4.43. The number of benzene rings is 2. The largest absolute Gasteiger partial charge is 0.369 e. The minimum atomic E-state index is 0.983. The summed E-state index contributed by atoms with van der Waals surface area (Å²) < 4.78 is 2.06. The number of nitrogens with zero attached hydrogens (tertiary/aromatic N) is 2. The first-order valence-corrected chi connectivity index (χ1v) is 8.14. The summed E-state index contributed by atoms with van der Waals surface area (Å²) in [5, 5.41) is 8.43. The Hall–Kier alpha value is -2.55. The quantitative estimate of drug-likeness (QED) is 0.759. The summed E-state index contributed by atoms with van der Waals surface area (Å²) in [5.41, 5.74) is 8.62. The Morgan fingerprint density at radius 1 is 0.957 bits per heavy atom. The maximum absolute atomic E-state index is 4.93. The lowest BCUT2D eigenvalue weighted by Gasteiger charge is -2.08. The van der Waals surface area contributed by atoms with Crippen molar-refractivity contribution in [1.29, 1.82) is 0 Å². The van der Waals surface area contributed by atoms with Crippen molar-refractivity contribution in [2.45, 2.75) is 27.2 Å². The minimum absolute atomic E-state index is 0.983. The smallest absolute Gasteiger partial charge is 0.133 e. The van der Waals surface area contributed by atoms with Gasteiger partial charge in [0.1, 0.15) is 5.82 Å². The van der Waals surface area contributed by atoms with E-state index in [0.717, 1.165) is 30.2 Å². The second-order valence-corrected chi connectivity index (χ2v) is 6.40. The van der Waals surface area contributed by atoms with Crippen LogP contribution in [0.3, 0.4) is 0 Å². The third-order valence-electron chi connectivity index (χ3n) is 4.71.